The molecular formula is C20H23N7O3. The summed E-state index contributed by atoms with van der Waals surface area (Å²) in [5.74, 6) is 0.955. The minimum atomic E-state index is -0.445. The number of hydrogen-bond acceptors (Lipinski definition) is 7. The fraction of sp³-hybridized carbons (Fsp3) is 0.350. The van der Waals surface area contributed by atoms with Gasteiger partial charge >= 0.3 is 0 Å². The van der Waals surface area contributed by atoms with E-state index in [2.05, 4.69) is 25.7 Å². The summed E-state index contributed by atoms with van der Waals surface area (Å²) < 4.78 is 7.06. The van der Waals surface area contributed by atoms with Gasteiger partial charge in [-0.3, -0.25) is 19.2 Å². The summed E-state index contributed by atoms with van der Waals surface area (Å²) >= 11 is 0. The van der Waals surface area contributed by atoms with Gasteiger partial charge in [0.1, 0.15) is 17.8 Å². The van der Waals surface area contributed by atoms with Gasteiger partial charge in [-0.05, 0) is 25.5 Å². The fourth-order valence-corrected chi connectivity index (χ4v) is 3.34. The summed E-state index contributed by atoms with van der Waals surface area (Å²) in [6, 6.07) is 3.56. The Morgan fingerprint density at radius 3 is 2.97 bits per heavy atom. The lowest BCUT2D eigenvalue weighted by Crippen LogP contribution is -2.28. The van der Waals surface area contributed by atoms with E-state index in [1.807, 2.05) is 13.8 Å². The highest BCUT2D eigenvalue weighted by molar-refractivity contribution is 6.06. The van der Waals surface area contributed by atoms with Gasteiger partial charge in [0, 0.05) is 37.8 Å². The number of oxazole rings is 1. The molecule has 0 radical (unpaired) electrons. The van der Waals surface area contributed by atoms with E-state index < -0.39 is 5.91 Å². The Labute approximate surface area is 173 Å². The molecule has 1 fully saturated rings. The first-order chi connectivity index (χ1) is 14.5. The van der Waals surface area contributed by atoms with Crippen LogP contribution in [-0.2, 0) is 11.8 Å². The molecule has 1 unspecified atom stereocenters. The van der Waals surface area contributed by atoms with Crippen molar-refractivity contribution in [3.63, 3.8) is 0 Å². The van der Waals surface area contributed by atoms with Crippen molar-refractivity contribution in [2.75, 3.05) is 28.6 Å². The highest BCUT2D eigenvalue weighted by atomic mass is 16.3. The first-order valence-corrected chi connectivity index (χ1v) is 9.78. The van der Waals surface area contributed by atoms with Crippen LogP contribution in [0.25, 0.3) is 11.5 Å². The second-order valence-electron chi connectivity index (χ2n) is 7.17. The Kier molecular flexibility index (Phi) is 5.21. The number of amides is 2. The van der Waals surface area contributed by atoms with Crippen molar-refractivity contribution in [1.82, 2.24) is 19.7 Å². The first-order valence-electron chi connectivity index (χ1n) is 9.78. The third kappa shape index (κ3) is 3.76. The van der Waals surface area contributed by atoms with Crippen molar-refractivity contribution in [3.8, 4) is 11.5 Å². The number of aryl methyl sites for hydroxylation is 1. The van der Waals surface area contributed by atoms with Gasteiger partial charge in [0.2, 0.25) is 11.8 Å². The average Bonchev–Trinajstić information content (AvgIpc) is 3.43. The van der Waals surface area contributed by atoms with Gasteiger partial charge in [0.05, 0.1) is 6.20 Å². The van der Waals surface area contributed by atoms with Gasteiger partial charge in [0.25, 0.3) is 5.91 Å². The van der Waals surface area contributed by atoms with E-state index in [0.29, 0.717) is 35.3 Å². The van der Waals surface area contributed by atoms with Crippen LogP contribution >= 0.6 is 0 Å². The molecule has 0 bridgehead atoms. The van der Waals surface area contributed by atoms with Crippen molar-refractivity contribution < 1.29 is 14.0 Å². The van der Waals surface area contributed by atoms with Crippen LogP contribution in [0.1, 0.15) is 30.8 Å². The van der Waals surface area contributed by atoms with Crippen molar-refractivity contribution in [2.45, 2.75) is 20.3 Å². The normalized spacial score (nSPS) is 16.2. The number of nitrogens with one attached hydrogen (secondary N) is 2. The third-order valence-corrected chi connectivity index (χ3v) is 4.89. The van der Waals surface area contributed by atoms with Gasteiger partial charge in [-0.1, -0.05) is 6.92 Å². The smallest absolute Gasteiger partial charge is 0.277 e. The fourth-order valence-electron chi connectivity index (χ4n) is 3.34. The molecule has 2 N–H and O–H groups in total. The Morgan fingerprint density at radius 1 is 1.40 bits per heavy atom. The van der Waals surface area contributed by atoms with E-state index in [-0.39, 0.29) is 17.5 Å². The molecule has 0 aromatic carbocycles. The van der Waals surface area contributed by atoms with Gasteiger partial charge in [0.15, 0.2) is 11.5 Å². The van der Waals surface area contributed by atoms with Gasteiger partial charge < -0.3 is 15.1 Å². The standard InChI is InChI=1S/C20H23N7O3/c1-4-21-16-9-13(5-7-22-16)19-24-15(11-30-19)18(28)23-14-10-26(3)25-17(14)27-8-6-12(2)20(27)29/h5,7,9-12H,4,6,8H2,1-3H3,(H,21,22)(H,23,28). The molecule has 30 heavy (non-hydrogen) atoms. The van der Waals surface area contributed by atoms with Crippen LogP contribution in [0.15, 0.2) is 35.2 Å². The molecule has 3 aromatic rings. The Bertz CT molecular complexity index is 1090. The summed E-state index contributed by atoms with van der Waals surface area (Å²) in [5, 5.41) is 10.3. The Hall–Kier alpha value is -3.69. The van der Waals surface area contributed by atoms with E-state index >= 15 is 0 Å². The highest BCUT2D eigenvalue weighted by Gasteiger charge is 2.32. The summed E-state index contributed by atoms with van der Waals surface area (Å²) in [6.45, 7) is 5.18. The van der Waals surface area contributed by atoms with Crippen LogP contribution in [0.3, 0.4) is 0 Å². The maximum Gasteiger partial charge on any atom is 0.277 e. The molecule has 2 amide bonds. The van der Waals surface area contributed by atoms with Crippen LogP contribution in [-0.4, -0.2) is 44.7 Å². The Morgan fingerprint density at radius 2 is 2.23 bits per heavy atom. The molecule has 3 aromatic heterocycles. The van der Waals surface area contributed by atoms with E-state index in [1.165, 1.54) is 6.26 Å². The lowest BCUT2D eigenvalue weighted by molar-refractivity contribution is -0.119. The topological polar surface area (TPSA) is 118 Å². The maximum atomic E-state index is 12.8. The lowest BCUT2D eigenvalue weighted by Gasteiger charge is -2.15. The van der Waals surface area contributed by atoms with Crippen molar-refractivity contribution in [1.29, 1.82) is 0 Å². The molecule has 10 nitrogen and oxygen atoms in total. The molecule has 0 aliphatic carbocycles. The van der Waals surface area contributed by atoms with Crippen LogP contribution < -0.4 is 15.5 Å². The number of nitrogens with zero attached hydrogens (tertiary/aromatic N) is 5. The summed E-state index contributed by atoms with van der Waals surface area (Å²) in [4.78, 5) is 35.2. The number of pyridine rings is 1. The number of anilines is 3. The molecule has 0 spiro atoms. The van der Waals surface area contributed by atoms with Crippen LogP contribution in [0.5, 0.6) is 0 Å². The predicted octanol–water partition coefficient (Wildman–Crippen LogP) is 2.53. The van der Waals surface area contributed by atoms with Crippen molar-refractivity contribution in [3.05, 3.63) is 36.5 Å². The zero-order chi connectivity index (χ0) is 21.3. The second-order valence-corrected chi connectivity index (χ2v) is 7.17. The van der Waals surface area contributed by atoms with Gasteiger partial charge in [-0.15, -0.1) is 0 Å². The zero-order valence-corrected chi connectivity index (χ0v) is 17.0. The SMILES string of the molecule is CCNc1cc(-c2nc(C(=O)Nc3cn(C)nc3N3CCC(C)C3=O)co2)ccn1. The molecule has 156 valence electrons. The highest BCUT2D eigenvalue weighted by Crippen LogP contribution is 2.30. The Balaban J connectivity index is 1.53. The molecule has 1 atom stereocenters. The largest absolute Gasteiger partial charge is 0.444 e. The average molecular weight is 409 g/mol. The third-order valence-electron chi connectivity index (χ3n) is 4.89. The van der Waals surface area contributed by atoms with Gasteiger partial charge in [-0.2, -0.15) is 5.10 Å². The summed E-state index contributed by atoms with van der Waals surface area (Å²) in [5.41, 5.74) is 1.29. The molecule has 10 heteroatoms. The lowest BCUT2D eigenvalue weighted by atomic mass is 10.1. The number of rotatable bonds is 6. The second kappa shape index (κ2) is 7.97. The molecule has 0 saturated carbocycles. The molecule has 4 rings (SSSR count). The van der Waals surface area contributed by atoms with Crippen molar-refractivity contribution >= 4 is 29.1 Å². The summed E-state index contributed by atoms with van der Waals surface area (Å²) in [7, 11) is 1.74. The quantitative estimate of drug-likeness (QED) is 0.642. The predicted molar refractivity (Wildman–Crippen MR) is 111 cm³/mol. The zero-order valence-electron chi connectivity index (χ0n) is 17.0. The van der Waals surface area contributed by atoms with Crippen LogP contribution in [0.2, 0.25) is 0 Å². The molecule has 1 aliphatic rings. The number of carbonyl (C=O) groups excluding carboxylic acids is 2. The van der Waals surface area contributed by atoms with E-state index in [0.717, 1.165) is 13.0 Å². The van der Waals surface area contributed by atoms with E-state index in [4.69, 9.17) is 4.42 Å². The van der Waals surface area contributed by atoms with Crippen LogP contribution in [0, 0.1) is 5.92 Å². The minimum absolute atomic E-state index is 0.00195. The van der Waals surface area contributed by atoms with Gasteiger partial charge in [-0.25, -0.2) is 9.97 Å². The van der Waals surface area contributed by atoms with E-state index in [1.54, 1.807) is 41.2 Å². The maximum absolute atomic E-state index is 12.8. The van der Waals surface area contributed by atoms with Crippen LogP contribution in [0.4, 0.5) is 17.3 Å². The number of aromatic nitrogens is 4. The van der Waals surface area contributed by atoms with Crippen molar-refractivity contribution in [2.24, 2.45) is 13.0 Å². The first kappa shape index (κ1) is 19.6. The molecular weight excluding hydrogens is 386 g/mol. The van der Waals surface area contributed by atoms with E-state index in [9.17, 15) is 9.59 Å². The number of hydrogen-bond donors (Lipinski definition) is 2. The summed E-state index contributed by atoms with van der Waals surface area (Å²) in [6.07, 6.45) is 5.37. The monoisotopic (exact) mass is 409 g/mol. The minimum Gasteiger partial charge on any atom is -0.444 e. The number of carbonyl (C=O) groups is 2. The molecule has 4 heterocycles. The molecule has 1 saturated heterocycles. The molecule has 1 aliphatic heterocycles.